The molecule has 3 rings (SSSR count). The SMILES string of the molecule is O=C(Cc1ccccc1)Nc1cc(F)ccc1N1CCCCC1. The predicted octanol–water partition coefficient (Wildman–Crippen LogP) is 4.00. The van der Waals surface area contributed by atoms with Crippen molar-refractivity contribution in [1.82, 2.24) is 0 Å². The number of halogens is 1. The van der Waals surface area contributed by atoms with Crippen LogP contribution in [0.2, 0.25) is 0 Å². The molecule has 0 radical (unpaired) electrons. The van der Waals surface area contributed by atoms with Crippen LogP contribution in [-0.2, 0) is 11.2 Å². The van der Waals surface area contributed by atoms with Crippen LogP contribution in [0, 0.1) is 5.82 Å². The third kappa shape index (κ3) is 4.09. The molecular weight excluding hydrogens is 291 g/mol. The van der Waals surface area contributed by atoms with Crippen molar-refractivity contribution in [2.45, 2.75) is 25.7 Å². The molecule has 0 spiro atoms. The van der Waals surface area contributed by atoms with Gasteiger partial charge in [0.05, 0.1) is 17.8 Å². The second-order valence-electron chi connectivity index (χ2n) is 5.92. The van der Waals surface area contributed by atoms with Gasteiger partial charge in [0.15, 0.2) is 0 Å². The Balaban J connectivity index is 1.75. The van der Waals surface area contributed by atoms with E-state index in [1.165, 1.54) is 18.6 Å². The molecule has 120 valence electrons. The molecule has 0 saturated carbocycles. The van der Waals surface area contributed by atoms with Gasteiger partial charge in [0.1, 0.15) is 5.82 Å². The molecule has 1 amide bonds. The van der Waals surface area contributed by atoms with E-state index in [2.05, 4.69) is 10.2 Å². The van der Waals surface area contributed by atoms with Gasteiger partial charge in [-0.15, -0.1) is 0 Å². The van der Waals surface area contributed by atoms with E-state index in [1.807, 2.05) is 30.3 Å². The summed E-state index contributed by atoms with van der Waals surface area (Å²) in [5.74, 6) is -0.458. The third-order valence-corrected chi connectivity index (χ3v) is 4.14. The first-order valence-electron chi connectivity index (χ1n) is 8.10. The van der Waals surface area contributed by atoms with Crippen LogP contribution in [0.25, 0.3) is 0 Å². The first-order valence-corrected chi connectivity index (χ1v) is 8.10. The standard InChI is InChI=1S/C19H21FN2O/c20-16-9-10-18(22-11-5-2-6-12-22)17(14-16)21-19(23)13-15-7-3-1-4-8-15/h1,3-4,7-10,14H,2,5-6,11-13H2,(H,21,23). The third-order valence-electron chi connectivity index (χ3n) is 4.14. The minimum atomic E-state index is -0.333. The highest BCUT2D eigenvalue weighted by Gasteiger charge is 2.16. The van der Waals surface area contributed by atoms with E-state index in [-0.39, 0.29) is 18.1 Å². The van der Waals surface area contributed by atoms with E-state index in [9.17, 15) is 9.18 Å². The highest BCUT2D eigenvalue weighted by molar-refractivity contribution is 5.95. The minimum absolute atomic E-state index is 0.125. The molecule has 0 bridgehead atoms. The molecule has 1 aliphatic heterocycles. The summed E-state index contributed by atoms with van der Waals surface area (Å²) in [6.07, 6.45) is 3.79. The molecule has 2 aromatic carbocycles. The molecule has 2 aromatic rings. The Morgan fingerprint density at radius 1 is 1.04 bits per heavy atom. The van der Waals surface area contributed by atoms with Gasteiger partial charge in [0, 0.05) is 13.1 Å². The maximum absolute atomic E-state index is 13.6. The van der Waals surface area contributed by atoms with Crippen LogP contribution in [-0.4, -0.2) is 19.0 Å². The van der Waals surface area contributed by atoms with Gasteiger partial charge < -0.3 is 10.2 Å². The van der Waals surface area contributed by atoms with Crippen LogP contribution in [0.5, 0.6) is 0 Å². The molecular formula is C19H21FN2O. The Morgan fingerprint density at radius 3 is 2.52 bits per heavy atom. The molecule has 0 unspecified atom stereocenters. The van der Waals surface area contributed by atoms with E-state index < -0.39 is 0 Å². The molecule has 23 heavy (non-hydrogen) atoms. The summed E-state index contributed by atoms with van der Waals surface area (Å²) in [6, 6.07) is 14.2. The molecule has 1 aliphatic rings. The Labute approximate surface area is 136 Å². The zero-order valence-corrected chi connectivity index (χ0v) is 13.1. The number of nitrogens with zero attached hydrogens (tertiary/aromatic N) is 1. The second kappa shape index (κ2) is 7.27. The fraction of sp³-hybridized carbons (Fsp3) is 0.316. The largest absolute Gasteiger partial charge is 0.370 e. The van der Waals surface area contributed by atoms with Crippen LogP contribution in [0.15, 0.2) is 48.5 Å². The average Bonchev–Trinajstić information content (AvgIpc) is 2.56. The van der Waals surface area contributed by atoms with Crippen molar-refractivity contribution in [2.24, 2.45) is 0 Å². The van der Waals surface area contributed by atoms with Crippen molar-refractivity contribution < 1.29 is 9.18 Å². The minimum Gasteiger partial charge on any atom is -0.370 e. The summed E-state index contributed by atoms with van der Waals surface area (Å²) < 4.78 is 13.6. The monoisotopic (exact) mass is 312 g/mol. The van der Waals surface area contributed by atoms with Crippen molar-refractivity contribution in [3.63, 3.8) is 0 Å². The summed E-state index contributed by atoms with van der Waals surface area (Å²) in [5, 5.41) is 2.88. The van der Waals surface area contributed by atoms with Gasteiger partial charge in [-0.25, -0.2) is 4.39 Å². The Bertz CT molecular complexity index is 666. The van der Waals surface area contributed by atoms with Crippen molar-refractivity contribution >= 4 is 17.3 Å². The molecule has 1 saturated heterocycles. The molecule has 0 aliphatic carbocycles. The van der Waals surface area contributed by atoms with Gasteiger partial charge in [0.25, 0.3) is 0 Å². The number of carbonyl (C=O) groups is 1. The molecule has 3 nitrogen and oxygen atoms in total. The van der Waals surface area contributed by atoms with Crippen LogP contribution in [0.3, 0.4) is 0 Å². The zero-order valence-electron chi connectivity index (χ0n) is 13.1. The Kier molecular flexibility index (Phi) is 4.91. The lowest BCUT2D eigenvalue weighted by molar-refractivity contribution is -0.115. The smallest absolute Gasteiger partial charge is 0.228 e. The predicted molar refractivity (Wildman–Crippen MR) is 91.2 cm³/mol. The van der Waals surface area contributed by atoms with E-state index >= 15 is 0 Å². The number of carbonyl (C=O) groups excluding carboxylic acids is 1. The van der Waals surface area contributed by atoms with Crippen molar-refractivity contribution in [3.05, 3.63) is 59.9 Å². The van der Waals surface area contributed by atoms with Crippen LogP contribution < -0.4 is 10.2 Å². The summed E-state index contributed by atoms with van der Waals surface area (Å²) >= 11 is 0. The van der Waals surface area contributed by atoms with Gasteiger partial charge in [0.2, 0.25) is 5.91 Å². The van der Waals surface area contributed by atoms with Gasteiger partial charge >= 0.3 is 0 Å². The number of hydrogen-bond acceptors (Lipinski definition) is 2. The summed E-state index contributed by atoms with van der Waals surface area (Å²) in [4.78, 5) is 14.5. The lowest BCUT2D eigenvalue weighted by atomic mass is 10.1. The first kappa shape index (κ1) is 15.5. The molecule has 0 atom stereocenters. The van der Waals surface area contributed by atoms with Gasteiger partial charge in [-0.2, -0.15) is 0 Å². The first-order chi connectivity index (χ1) is 11.2. The maximum atomic E-state index is 13.6. The second-order valence-corrected chi connectivity index (χ2v) is 5.92. The highest BCUT2D eigenvalue weighted by Crippen LogP contribution is 2.29. The summed E-state index contributed by atoms with van der Waals surface area (Å²) in [7, 11) is 0. The molecule has 1 N–H and O–H groups in total. The van der Waals surface area contributed by atoms with E-state index in [1.54, 1.807) is 6.07 Å². The van der Waals surface area contributed by atoms with Crippen molar-refractivity contribution in [1.29, 1.82) is 0 Å². The topological polar surface area (TPSA) is 32.3 Å². The maximum Gasteiger partial charge on any atom is 0.228 e. The number of nitrogens with one attached hydrogen (secondary N) is 1. The number of rotatable bonds is 4. The molecule has 4 heteroatoms. The van der Waals surface area contributed by atoms with Crippen molar-refractivity contribution in [2.75, 3.05) is 23.3 Å². The number of piperidine rings is 1. The number of benzene rings is 2. The Morgan fingerprint density at radius 2 is 1.78 bits per heavy atom. The fourth-order valence-corrected chi connectivity index (χ4v) is 2.99. The lowest BCUT2D eigenvalue weighted by Gasteiger charge is -2.30. The molecule has 0 aromatic heterocycles. The van der Waals surface area contributed by atoms with Gasteiger partial charge in [-0.3, -0.25) is 4.79 Å². The fourth-order valence-electron chi connectivity index (χ4n) is 2.99. The van der Waals surface area contributed by atoms with E-state index in [0.29, 0.717) is 5.69 Å². The van der Waals surface area contributed by atoms with Crippen LogP contribution in [0.4, 0.5) is 15.8 Å². The summed E-state index contributed by atoms with van der Waals surface area (Å²) in [5.41, 5.74) is 2.42. The van der Waals surface area contributed by atoms with E-state index in [4.69, 9.17) is 0 Å². The quantitative estimate of drug-likeness (QED) is 0.925. The van der Waals surface area contributed by atoms with E-state index in [0.717, 1.165) is 37.2 Å². The number of hydrogen-bond donors (Lipinski definition) is 1. The number of amides is 1. The zero-order chi connectivity index (χ0) is 16.1. The number of anilines is 2. The Hall–Kier alpha value is -2.36. The average molecular weight is 312 g/mol. The van der Waals surface area contributed by atoms with Gasteiger partial charge in [-0.1, -0.05) is 30.3 Å². The van der Waals surface area contributed by atoms with Crippen LogP contribution in [0.1, 0.15) is 24.8 Å². The lowest BCUT2D eigenvalue weighted by Crippen LogP contribution is -2.30. The highest BCUT2D eigenvalue weighted by atomic mass is 19.1. The normalized spacial score (nSPS) is 14.6. The van der Waals surface area contributed by atoms with Gasteiger partial charge in [-0.05, 0) is 43.0 Å². The molecule has 1 fully saturated rings. The van der Waals surface area contributed by atoms with Crippen molar-refractivity contribution in [3.8, 4) is 0 Å². The molecule has 1 heterocycles. The van der Waals surface area contributed by atoms with Crippen LogP contribution >= 0.6 is 0 Å². The summed E-state index contributed by atoms with van der Waals surface area (Å²) in [6.45, 7) is 1.90.